The zero-order valence-corrected chi connectivity index (χ0v) is 13.5. The second kappa shape index (κ2) is 6.36. The lowest BCUT2D eigenvalue weighted by molar-refractivity contribution is -0.133. The fourth-order valence-corrected chi connectivity index (χ4v) is 2.67. The highest BCUT2D eigenvalue weighted by atomic mass is 16.2. The van der Waals surface area contributed by atoms with Crippen molar-refractivity contribution >= 4 is 5.91 Å². The van der Waals surface area contributed by atoms with E-state index in [1.807, 2.05) is 30.3 Å². The standard InChI is InChI=1S/C18H21N3O2/c1-13(18(23)20(2)12-14-6-4-3-5-7-14)21-17(22)11-10-16(19-21)15-8-9-15/h3-7,10-11,13,15H,8-9,12H2,1-2H3. The van der Waals surface area contributed by atoms with Gasteiger partial charge in [-0.3, -0.25) is 9.59 Å². The number of likely N-dealkylation sites (N-methyl/N-ethyl adjacent to an activating group) is 1. The third-order valence-electron chi connectivity index (χ3n) is 4.20. The highest BCUT2D eigenvalue weighted by Crippen LogP contribution is 2.38. The monoisotopic (exact) mass is 311 g/mol. The van der Waals surface area contributed by atoms with Gasteiger partial charge in [-0.25, -0.2) is 4.68 Å². The fourth-order valence-electron chi connectivity index (χ4n) is 2.67. The summed E-state index contributed by atoms with van der Waals surface area (Å²) in [6.07, 6.45) is 2.23. The number of aromatic nitrogens is 2. The Morgan fingerprint density at radius 3 is 2.61 bits per heavy atom. The predicted molar refractivity (Wildman–Crippen MR) is 88.1 cm³/mol. The first-order valence-corrected chi connectivity index (χ1v) is 7.95. The lowest BCUT2D eigenvalue weighted by Crippen LogP contribution is -2.38. The minimum atomic E-state index is -0.602. The van der Waals surface area contributed by atoms with E-state index in [2.05, 4.69) is 5.10 Å². The molecular formula is C18H21N3O2. The highest BCUT2D eigenvalue weighted by molar-refractivity contribution is 5.79. The molecule has 0 bridgehead atoms. The van der Waals surface area contributed by atoms with Crippen LogP contribution in [0, 0.1) is 0 Å². The summed E-state index contributed by atoms with van der Waals surface area (Å²) in [5, 5.41) is 4.40. The maximum atomic E-state index is 12.6. The van der Waals surface area contributed by atoms with Gasteiger partial charge in [0, 0.05) is 25.6 Å². The third-order valence-corrected chi connectivity index (χ3v) is 4.20. The molecule has 0 N–H and O–H groups in total. The Balaban J connectivity index is 1.76. The number of nitrogens with zero attached hydrogens (tertiary/aromatic N) is 3. The molecule has 5 heteroatoms. The number of carbonyl (C=O) groups excluding carboxylic acids is 1. The van der Waals surface area contributed by atoms with Gasteiger partial charge in [0.2, 0.25) is 5.91 Å². The quantitative estimate of drug-likeness (QED) is 0.851. The molecule has 0 spiro atoms. The highest BCUT2D eigenvalue weighted by Gasteiger charge is 2.27. The first-order chi connectivity index (χ1) is 11.1. The summed E-state index contributed by atoms with van der Waals surface area (Å²) in [7, 11) is 1.75. The van der Waals surface area contributed by atoms with Crippen molar-refractivity contribution in [1.82, 2.24) is 14.7 Å². The Kier molecular flexibility index (Phi) is 4.28. The molecular weight excluding hydrogens is 290 g/mol. The second-order valence-electron chi connectivity index (χ2n) is 6.17. The average molecular weight is 311 g/mol. The van der Waals surface area contributed by atoms with Crippen LogP contribution in [-0.4, -0.2) is 27.6 Å². The molecule has 5 nitrogen and oxygen atoms in total. The van der Waals surface area contributed by atoms with Gasteiger partial charge in [0.25, 0.3) is 5.56 Å². The summed E-state index contributed by atoms with van der Waals surface area (Å²) in [6.45, 7) is 2.25. The van der Waals surface area contributed by atoms with E-state index in [1.165, 1.54) is 10.7 Å². The SMILES string of the molecule is CC(C(=O)N(C)Cc1ccccc1)n1nc(C2CC2)ccc1=O. The van der Waals surface area contributed by atoms with Gasteiger partial charge in [-0.05, 0) is 31.4 Å². The molecule has 23 heavy (non-hydrogen) atoms. The van der Waals surface area contributed by atoms with Crippen molar-refractivity contribution in [3.63, 3.8) is 0 Å². The van der Waals surface area contributed by atoms with Crippen LogP contribution < -0.4 is 5.56 Å². The van der Waals surface area contributed by atoms with E-state index in [0.717, 1.165) is 24.1 Å². The van der Waals surface area contributed by atoms with Crippen LogP contribution >= 0.6 is 0 Å². The van der Waals surface area contributed by atoms with Gasteiger partial charge in [0.05, 0.1) is 5.69 Å². The Morgan fingerprint density at radius 2 is 1.96 bits per heavy atom. The molecule has 1 aliphatic rings. The molecule has 1 aromatic heterocycles. The molecule has 0 aliphatic heterocycles. The summed E-state index contributed by atoms with van der Waals surface area (Å²) in [6, 6.07) is 12.5. The first kappa shape index (κ1) is 15.5. The maximum absolute atomic E-state index is 12.6. The molecule has 0 radical (unpaired) electrons. The Morgan fingerprint density at radius 1 is 1.26 bits per heavy atom. The van der Waals surface area contributed by atoms with E-state index in [0.29, 0.717) is 12.5 Å². The van der Waals surface area contributed by atoms with Crippen molar-refractivity contribution in [1.29, 1.82) is 0 Å². The minimum absolute atomic E-state index is 0.114. The summed E-state index contributed by atoms with van der Waals surface area (Å²) in [5.41, 5.74) is 1.74. The normalized spacial score (nSPS) is 15.2. The molecule has 1 atom stereocenters. The van der Waals surface area contributed by atoms with Crippen LogP contribution in [0.5, 0.6) is 0 Å². The molecule has 120 valence electrons. The van der Waals surface area contributed by atoms with Gasteiger partial charge >= 0.3 is 0 Å². The van der Waals surface area contributed by atoms with Crippen LogP contribution in [0.2, 0.25) is 0 Å². The molecule has 1 heterocycles. The van der Waals surface area contributed by atoms with E-state index in [1.54, 1.807) is 24.9 Å². The van der Waals surface area contributed by atoms with Gasteiger partial charge in [-0.1, -0.05) is 30.3 Å². The van der Waals surface area contributed by atoms with Gasteiger partial charge in [-0.2, -0.15) is 5.10 Å². The third kappa shape index (κ3) is 3.50. The minimum Gasteiger partial charge on any atom is -0.340 e. The van der Waals surface area contributed by atoms with Crippen molar-refractivity contribution < 1.29 is 4.79 Å². The zero-order chi connectivity index (χ0) is 16.4. The molecule has 0 saturated heterocycles. The maximum Gasteiger partial charge on any atom is 0.267 e. The van der Waals surface area contributed by atoms with E-state index < -0.39 is 6.04 Å². The van der Waals surface area contributed by atoms with Crippen LogP contribution in [-0.2, 0) is 11.3 Å². The van der Waals surface area contributed by atoms with E-state index in [4.69, 9.17) is 0 Å². The molecule has 1 aromatic carbocycles. The molecule has 1 unspecified atom stereocenters. The van der Waals surface area contributed by atoms with E-state index in [9.17, 15) is 9.59 Å². The Bertz CT molecular complexity index is 750. The lowest BCUT2D eigenvalue weighted by Gasteiger charge is -2.22. The summed E-state index contributed by atoms with van der Waals surface area (Å²) < 4.78 is 1.32. The summed E-state index contributed by atoms with van der Waals surface area (Å²) >= 11 is 0. The molecule has 1 aliphatic carbocycles. The lowest BCUT2D eigenvalue weighted by atomic mass is 10.2. The van der Waals surface area contributed by atoms with Crippen molar-refractivity contribution in [3.05, 3.63) is 64.1 Å². The molecule has 1 saturated carbocycles. The van der Waals surface area contributed by atoms with Crippen LogP contribution in [0.15, 0.2) is 47.3 Å². The van der Waals surface area contributed by atoms with Crippen molar-refractivity contribution in [2.24, 2.45) is 0 Å². The van der Waals surface area contributed by atoms with Crippen molar-refractivity contribution in [2.75, 3.05) is 7.05 Å². The molecule has 1 amide bonds. The average Bonchev–Trinajstić information content (AvgIpc) is 3.40. The van der Waals surface area contributed by atoms with Crippen LogP contribution in [0.1, 0.15) is 43.0 Å². The predicted octanol–water partition coefficient (Wildman–Crippen LogP) is 2.34. The molecule has 1 fully saturated rings. The topological polar surface area (TPSA) is 55.2 Å². The largest absolute Gasteiger partial charge is 0.340 e. The number of hydrogen-bond donors (Lipinski definition) is 0. The van der Waals surface area contributed by atoms with Crippen molar-refractivity contribution in [3.8, 4) is 0 Å². The smallest absolute Gasteiger partial charge is 0.267 e. The Hall–Kier alpha value is -2.43. The molecule has 2 aromatic rings. The number of rotatable bonds is 5. The number of hydrogen-bond acceptors (Lipinski definition) is 3. The van der Waals surface area contributed by atoms with E-state index in [-0.39, 0.29) is 11.5 Å². The first-order valence-electron chi connectivity index (χ1n) is 7.95. The van der Waals surface area contributed by atoms with Crippen LogP contribution in [0.25, 0.3) is 0 Å². The Labute approximate surface area is 135 Å². The van der Waals surface area contributed by atoms with Gasteiger partial charge in [0.1, 0.15) is 6.04 Å². The number of amides is 1. The number of carbonyl (C=O) groups is 1. The summed E-state index contributed by atoms with van der Waals surface area (Å²) in [4.78, 5) is 26.3. The van der Waals surface area contributed by atoms with Gasteiger partial charge in [0.15, 0.2) is 0 Å². The van der Waals surface area contributed by atoms with Crippen LogP contribution in [0.3, 0.4) is 0 Å². The second-order valence-corrected chi connectivity index (χ2v) is 6.17. The van der Waals surface area contributed by atoms with Crippen molar-refractivity contribution in [2.45, 2.75) is 38.3 Å². The van der Waals surface area contributed by atoms with Gasteiger partial charge < -0.3 is 4.90 Å². The van der Waals surface area contributed by atoms with Crippen LogP contribution in [0.4, 0.5) is 0 Å². The number of benzene rings is 1. The van der Waals surface area contributed by atoms with E-state index >= 15 is 0 Å². The zero-order valence-electron chi connectivity index (χ0n) is 13.5. The fraction of sp³-hybridized carbons (Fsp3) is 0.389. The van der Waals surface area contributed by atoms with Gasteiger partial charge in [-0.15, -0.1) is 0 Å². The molecule has 3 rings (SSSR count). The summed E-state index contributed by atoms with van der Waals surface area (Å²) in [5.74, 6) is 0.336.